The van der Waals surface area contributed by atoms with Gasteiger partial charge in [-0.25, -0.2) is 14.5 Å². The van der Waals surface area contributed by atoms with Crippen LogP contribution >= 0.6 is 0 Å². The summed E-state index contributed by atoms with van der Waals surface area (Å²) in [6.07, 6.45) is 4.82. The zero-order valence-electron chi connectivity index (χ0n) is 11.9. The zero-order chi connectivity index (χ0) is 16.2. The Balaban J connectivity index is 1.87. The molecule has 0 fully saturated rings. The Hall–Kier alpha value is -3.48. The second-order valence-electron chi connectivity index (χ2n) is 4.66. The second-order valence-corrected chi connectivity index (χ2v) is 4.66. The maximum Gasteiger partial charge on any atom is 0.339 e. The minimum Gasteiger partial charge on any atom is -0.478 e. The molecule has 7 heteroatoms. The smallest absolute Gasteiger partial charge is 0.339 e. The van der Waals surface area contributed by atoms with Crippen LogP contribution < -0.4 is 5.32 Å². The molecule has 2 N–H and O–H groups in total. The van der Waals surface area contributed by atoms with Gasteiger partial charge in [-0.15, -0.1) is 0 Å². The zero-order valence-corrected chi connectivity index (χ0v) is 11.9. The van der Waals surface area contributed by atoms with E-state index < -0.39 is 11.9 Å². The first kappa shape index (κ1) is 14.5. The highest BCUT2D eigenvalue weighted by Gasteiger charge is 2.14. The number of carboxylic acids is 1. The van der Waals surface area contributed by atoms with E-state index in [2.05, 4.69) is 15.4 Å². The van der Waals surface area contributed by atoms with E-state index in [0.29, 0.717) is 5.56 Å². The molecule has 0 saturated heterocycles. The van der Waals surface area contributed by atoms with Crippen LogP contribution in [-0.2, 0) is 0 Å². The summed E-state index contributed by atoms with van der Waals surface area (Å²) >= 11 is 0. The maximum atomic E-state index is 12.3. The van der Waals surface area contributed by atoms with Crippen LogP contribution in [0.25, 0.3) is 5.69 Å². The molecule has 0 atom stereocenters. The predicted octanol–water partition coefficient (Wildman–Crippen LogP) is 2.22. The van der Waals surface area contributed by atoms with Gasteiger partial charge in [-0.3, -0.25) is 4.79 Å². The molecule has 0 saturated carbocycles. The number of carboxylic acid groups (broad SMARTS) is 1. The lowest BCUT2D eigenvalue weighted by Gasteiger charge is -2.08. The Bertz CT molecular complexity index is 859. The van der Waals surface area contributed by atoms with Crippen molar-refractivity contribution in [1.29, 1.82) is 0 Å². The lowest BCUT2D eigenvalue weighted by Crippen LogP contribution is -2.16. The van der Waals surface area contributed by atoms with Crippen LogP contribution in [0.2, 0.25) is 0 Å². The Labute approximate surface area is 131 Å². The Morgan fingerprint density at radius 1 is 1.09 bits per heavy atom. The van der Waals surface area contributed by atoms with E-state index in [1.54, 1.807) is 41.3 Å². The van der Waals surface area contributed by atoms with Crippen LogP contribution in [0.1, 0.15) is 20.7 Å². The van der Waals surface area contributed by atoms with Gasteiger partial charge in [-0.2, -0.15) is 5.10 Å². The van der Waals surface area contributed by atoms with Crippen LogP contribution in [0.3, 0.4) is 0 Å². The van der Waals surface area contributed by atoms with Crippen molar-refractivity contribution in [2.24, 2.45) is 0 Å². The van der Waals surface area contributed by atoms with Crippen molar-refractivity contribution in [3.05, 3.63) is 72.2 Å². The number of carbonyl (C=O) groups is 2. The summed E-state index contributed by atoms with van der Waals surface area (Å²) < 4.78 is 1.63. The third-order valence-electron chi connectivity index (χ3n) is 3.15. The fourth-order valence-corrected chi connectivity index (χ4v) is 2.07. The number of hydrogen-bond donors (Lipinski definition) is 2. The number of pyridine rings is 1. The molecule has 3 aromatic rings. The molecule has 0 spiro atoms. The first-order chi connectivity index (χ1) is 11.1. The largest absolute Gasteiger partial charge is 0.478 e. The summed E-state index contributed by atoms with van der Waals surface area (Å²) in [7, 11) is 0. The fraction of sp³-hybridized carbons (Fsp3) is 0. The van der Waals surface area contributed by atoms with Gasteiger partial charge < -0.3 is 10.4 Å². The predicted molar refractivity (Wildman–Crippen MR) is 82.7 cm³/mol. The van der Waals surface area contributed by atoms with Crippen LogP contribution in [0.15, 0.2) is 61.1 Å². The van der Waals surface area contributed by atoms with Crippen LogP contribution in [-0.4, -0.2) is 31.7 Å². The molecule has 114 valence electrons. The second kappa shape index (κ2) is 6.10. The first-order valence-corrected chi connectivity index (χ1v) is 6.75. The molecule has 23 heavy (non-hydrogen) atoms. The monoisotopic (exact) mass is 308 g/mol. The van der Waals surface area contributed by atoms with Gasteiger partial charge >= 0.3 is 5.97 Å². The van der Waals surface area contributed by atoms with Crippen molar-refractivity contribution >= 4 is 17.7 Å². The van der Waals surface area contributed by atoms with Gasteiger partial charge in [0.25, 0.3) is 5.91 Å². The van der Waals surface area contributed by atoms with Crippen molar-refractivity contribution in [2.75, 3.05) is 5.32 Å². The summed E-state index contributed by atoms with van der Waals surface area (Å²) in [4.78, 5) is 27.4. The molecule has 2 aromatic heterocycles. The molecule has 3 rings (SSSR count). The number of nitrogens with zero attached hydrogens (tertiary/aromatic N) is 3. The van der Waals surface area contributed by atoms with Crippen molar-refractivity contribution < 1.29 is 14.7 Å². The third-order valence-corrected chi connectivity index (χ3v) is 3.15. The number of amides is 1. The van der Waals surface area contributed by atoms with Crippen molar-refractivity contribution in [3.8, 4) is 5.69 Å². The molecule has 7 nitrogen and oxygen atoms in total. The van der Waals surface area contributed by atoms with Gasteiger partial charge in [0.05, 0.1) is 5.69 Å². The van der Waals surface area contributed by atoms with Crippen LogP contribution in [0.4, 0.5) is 5.82 Å². The van der Waals surface area contributed by atoms with Crippen molar-refractivity contribution in [3.63, 3.8) is 0 Å². The number of hydrogen-bond acceptors (Lipinski definition) is 4. The molecule has 0 unspecified atom stereocenters. The molecular formula is C16H12N4O3. The van der Waals surface area contributed by atoms with E-state index in [1.807, 2.05) is 6.07 Å². The standard InChI is InChI=1S/C16H12N4O3/c21-15(19-14-13(16(22)23)6-2-7-17-14)11-4-1-5-12(10-11)20-9-3-8-18-20/h1-10H,(H,22,23)(H,17,19,21). The van der Waals surface area contributed by atoms with E-state index >= 15 is 0 Å². The molecule has 1 aromatic carbocycles. The van der Waals surface area contributed by atoms with Gasteiger partial charge in [-0.1, -0.05) is 6.07 Å². The molecule has 0 bridgehead atoms. The molecule has 0 aliphatic rings. The van der Waals surface area contributed by atoms with Gasteiger partial charge in [0, 0.05) is 24.2 Å². The molecular weight excluding hydrogens is 296 g/mol. The molecule has 0 aliphatic carbocycles. The summed E-state index contributed by atoms with van der Waals surface area (Å²) in [5.74, 6) is -1.59. The van der Waals surface area contributed by atoms with Gasteiger partial charge in [0.15, 0.2) is 0 Å². The molecule has 1 amide bonds. The number of benzene rings is 1. The summed E-state index contributed by atoms with van der Waals surface area (Å²) in [6.45, 7) is 0. The normalized spacial score (nSPS) is 10.3. The highest BCUT2D eigenvalue weighted by atomic mass is 16.4. The van der Waals surface area contributed by atoms with E-state index in [-0.39, 0.29) is 11.4 Å². The lowest BCUT2D eigenvalue weighted by molar-refractivity contribution is 0.0697. The summed E-state index contributed by atoms with van der Waals surface area (Å²) in [5, 5.41) is 15.7. The highest BCUT2D eigenvalue weighted by molar-refractivity contribution is 6.07. The van der Waals surface area contributed by atoms with Crippen LogP contribution in [0.5, 0.6) is 0 Å². The molecule has 0 aliphatic heterocycles. The Kier molecular flexibility index (Phi) is 3.84. The molecule has 2 heterocycles. The topological polar surface area (TPSA) is 97.1 Å². The van der Waals surface area contributed by atoms with Gasteiger partial charge in [0.2, 0.25) is 0 Å². The molecule has 0 radical (unpaired) electrons. The van der Waals surface area contributed by atoms with E-state index in [1.165, 1.54) is 18.3 Å². The SMILES string of the molecule is O=C(Nc1ncccc1C(=O)O)c1cccc(-n2cccn2)c1. The van der Waals surface area contributed by atoms with E-state index in [9.17, 15) is 9.59 Å². The minimum atomic E-state index is -1.15. The highest BCUT2D eigenvalue weighted by Crippen LogP contribution is 2.15. The number of aromatic nitrogens is 3. The number of aromatic carboxylic acids is 1. The average molecular weight is 308 g/mol. The minimum absolute atomic E-state index is 0.00879. The maximum absolute atomic E-state index is 12.3. The van der Waals surface area contributed by atoms with Crippen molar-refractivity contribution in [2.45, 2.75) is 0 Å². The quantitative estimate of drug-likeness (QED) is 0.770. The lowest BCUT2D eigenvalue weighted by atomic mass is 10.2. The Morgan fingerprint density at radius 3 is 2.70 bits per heavy atom. The van der Waals surface area contributed by atoms with Gasteiger partial charge in [-0.05, 0) is 36.4 Å². The first-order valence-electron chi connectivity index (χ1n) is 6.75. The number of carbonyl (C=O) groups excluding carboxylic acids is 1. The fourth-order valence-electron chi connectivity index (χ4n) is 2.07. The van der Waals surface area contributed by atoms with Crippen molar-refractivity contribution in [1.82, 2.24) is 14.8 Å². The Morgan fingerprint density at radius 2 is 1.96 bits per heavy atom. The van der Waals surface area contributed by atoms with E-state index in [4.69, 9.17) is 5.11 Å². The number of anilines is 1. The van der Waals surface area contributed by atoms with E-state index in [0.717, 1.165) is 5.69 Å². The average Bonchev–Trinajstić information content (AvgIpc) is 3.10. The summed E-state index contributed by atoms with van der Waals surface area (Å²) in [6, 6.07) is 11.5. The van der Waals surface area contributed by atoms with Gasteiger partial charge in [0.1, 0.15) is 11.4 Å². The van der Waals surface area contributed by atoms with Crippen LogP contribution in [0, 0.1) is 0 Å². The number of rotatable bonds is 4. The summed E-state index contributed by atoms with van der Waals surface area (Å²) in [5.41, 5.74) is 1.03. The number of nitrogens with one attached hydrogen (secondary N) is 1. The third kappa shape index (κ3) is 3.08.